The first kappa shape index (κ1) is 21.4. The van der Waals surface area contributed by atoms with E-state index in [1.54, 1.807) is 12.1 Å². The standard InChI is InChI=1S/C26H34O3/c1-3-5-6-20-7-9-21(10-8-20)22-11-13-23(14-12-22)26(27)29-25-17-15-24(16-18-25)28-19-4-2/h11-18,20-21H,3-10,19H2,1-2H3. The van der Waals surface area contributed by atoms with Gasteiger partial charge in [-0.05, 0) is 85.9 Å². The molecule has 29 heavy (non-hydrogen) atoms. The van der Waals surface area contributed by atoms with E-state index in [2.05, 4.69) is 26.0 Å². The Morgan fingerprint density at radius 3 is 2.14 bits per heavy atom. The van der Waals surface area contributed by atoms with E-state index < -0.39 is 0 Å². The van der Waals surface area contributed by atoms with E-state index in [-0.39, 0.29) is 5.97 Å². The van der Waals surface area contributed by atoms with Crippen LogP contribution in [0.3, 0.4) is 0 Å². The van der Waals surface area contributed by atoms with Crippen LogP contribution < -0.4 is 9.47 Å². The van der Waals surface area contributed by atoms with Crippen LogP contribution in [-0.2, 0) is 0 Å². The van der Waals surface area contributed by atoms with Crippen LogP contribution in [0.15, 0.2) is 48.5 Å². The number of ether oxygens (including phenoxy) is 2. The zero-order valence-electron chi connectivity index (χ0n) is 17.9. The second-order valence-electron chi connectivity index (χ2n) is 8.19. The minimum Gasteiger partial charge on any atom is -0.494 e. The molecule has 1 aliphatic carbocycles. The molecule has 1 fully saturated rings. The molecule has 3 rings (SSSR count). The molecule has 3 nitrogen and oxygen atoms in total. The summed E-state index contributed by atoms with van der Waals surface area (Å²) in [4.78, 5) is 12.4. The second kappa shape index (κ2) is 11.0. The predicted octanol–water partition coefficient (Wildman–Crippen LogP) is 7.16. The van der Waals surface area contributed by atoms with Gasteiger partial charge < -0.3 is 9.47 Å². The molecule has 0 aromatic heterocycles. The number of hydrogen-bond donors (Lipinski definition) is 0. The maximum atomic E-state index is 12.4. The molecular weight excluding hydrogens is 360 g/mol. The quantitative estimate of drug-likeness (QED) is 0.334. The highest BCUT2D eigenvalue weighted by atomic mass is 16.5. The van der Waals surface area contributed by atoms with Gasteiger partial charge >= 0.3 is 5.97 Å². The SMILES string of the molecule is CCCCC1CCC(c2ccc(C(=O)Oc3ccc(OCCC)cc3)cc2)CC1. The lowest BCUT2D eigenvalue weighted by molar-refractivity contribution is 0.0734. The van der Waals surface area contributed by atoms with Gasteiger partial charge in [0.2, 0.25) is 0 Å². The molecule has 0 radical (unpaired) electrons. The van der Waals surface area contributed by atoms with Crippen molar-refractivity contribution in [1.29, 1.82) is 0 Å². The molecule has 0 atom stereocenters. The average Bonchev–Trinajstić information content (AvgIpc) is 2.77. The van der Waals surface area contributed by atoms with Crippen molar-refractivity contribution in [3.05, 3.63) is 59.7 Å². The normalized spacial score (nSPS) is 19.0. The van der Waals surface area contributed by atoms with Crippen LogP contribution in [-0.4, -0.2) is 12.6 Å². The molecule has 2 aromatic rings. The van der Waals surface area contributed by atoms with E-state index in [1.807, 2.05) is 24.3 Å². The van der Waals surface area contributed by atoms with Crippen molar-refractivity contribution < 1.29 is 14.3 Å². The van der Waals surface area contributed by atoms with Crippen LogP contribution in [0.2, 0.25) is 0 Å². The van der Waals surface area contributed by atoms with Crippen molar-refractivity contribution in [2.75, 3.05) is 6.61 Å². The molecule has 0 N–H and O–H groups in total. The first-order valence-corrected chi connectivity index (χ1v) is 11.2. The van der Waals surface area contributed by atoms with Gasteiger partial charge in [-0.1, -0.05) is 45.2 Å². The minimum absolute atomic E-state index is 0.318. The van der Waals surface area contributed by atoms with Crippen LogP contribution in [0, 0.1) is 5.92 Å². The molecular formula is C26H34O3. The van der Waals surface area contributed by atoms with Crippen LogP contribution in [0.5, 0.6) is 11.5 Å². The molecule has 0 heterocycles. The van der Waals surface area contributed by atoms with Crippen molar-refractivity contribution in [3.63, 3.8) is 0 Å². The van der Waals surface area contributed by atoms with E-state index in [4.69, 9.17) is 9.47 Å². The Hall–Kier alpha value is -2.29. The topological polar surface area (TPSA) is 35.5 Å². The Morgan fingerprint density at radius 1 is 0.862 bits per heavy atom. The number of unbranched alkanes of at least 4 members (excludes halogenated alkanes) is 1. The van der Waals surface area contributed by atoms with Crippen molar-refractivity contribution in [3.8, 4) is 11.5 Å². The van der Waals surface area contributed by atoms with E-state index in [0.717, 1.165) is 18.1 Å². The molecule has 2 aromatic carbocycles. The molecule has 1 aliphatic rings. The zero-order chi connectivity index (χ0) is 20.5. The van der Waals surface area contributed by atoms with Gasteiger partial charge in [0, 0.05) is 0 Å². The third-order valence-corrected chi connectivity index (χ3v) is 5.94. The highest BCUT2D eigenvalue weighted by Gasteiger charge is 2.22. The summed E-state index contributed by atoms with van der Waals surface area (Å²) >= 11 is 0. The van der Waals surface area contributed by atoms with Crippen molar-refractivity contribution in [2.45, 2.75) is 71.1 Å². The largest absolute Gasteiger partial charge is 0.494 e. The van der Waals surface area contributed by atoms with E-state index in [9.17, 15) is 4.79 Å². The minimum atomic E-state index is -0.318. The molecule has 3 heteroatoms. The van der Waals surface area contributed by atoms with Crippen molar-refractivity contribution in [1.82, 2.24) is 0 Å². The molecule has 0 amide bonds. The van der Waals surface area contributed by atoms with Gasteiger partial charge in [-0.2, -0.15) is 0 Å². The lowest BCUT2D eigenvalue weighted by Gasteiger charge is -2.28. The van der Waals surface area contributed by atoms with E-state index in [0.29, 0.717) is 23.8 Å². The summed E-state index contributed by atoms with van der Waals surface area (Å²) in [6.45, 7) is 5.03. The van der Waals surface area contributed by atoms with Gasteiger partial charge in [0.25, 0.3) is 0 Å². The summed E-state index contributed by atoms with van der Waals surface area (Å²) in [5.74, 6) is 2.56. The van der Waals surface area contributed by atoms with Crippen molar-refractivity contribution in [2.24, 2.45) is 5.92 Å². The summed E-state index contributed by atoms with van der Waals surface area (Å²) in [7, 11) is 0. The molecule has 156 valence electrons. The molecule has 0 bridgehead atoms. The van der Waals surface area contributed by atoms with Crippen LogP contribution in [0.4, 0.5) is 0 Å². The van der Waals surface area contributed by atoms with Gasteiger partial charge in [0.05, 0.1) is 12.2 Å². The number of rotatable bonds is 9. The van der Waals surface area contributed by atoms with Crippen LogP contribution >= 0.6 is 0 Å². The Kier molecular flexibility index (Phi) is 8.15. The summed E-state index contributed by atoms with van der Waals surface area (Å²) in [5, 5.41) is 0. The Bertz CT molecular complexity index is 741. The molecule has 0 spiro atoms. The van der Waals surface area contributed by atoms with Gasteiger partial charge in [-0.3, -0.25) is 0 Å². The second-order valence-corrected chi connectivity index (χ2v) is 8.19. The van der Waals surface area contributed by atoms with Gasteiger partial charge in [0.1, 0.15) is 11.5 Å². The number of hydrogen-bond acceptors (Lipinski definition) is 3. The summed E-state index contributed by atoms with van der Waals surface area (Å²) in [6, 6.07) is 15.2. The van der Waals surface area contributed by atoms with Crippen LogP contribution in [0.1, 0.15) is 87.1 Å². The number of benzene rings is 2. The smallest absolute Gasteiger partial charge is 0.343 e. The van der Waals surface area contributed by atoms with Crippen LogP contribution in [0.25, 0.3) is 0 Å². The fourth-order valence-corrected chi connectivity index (χ4v) is 4.16. The van der Waals surface area contributed by atoms with Crippen molar-refractivity contribution >= 4 is 5.97 Å². The highest BCUT2D eigenvalue weighted by molar-refractivity contribution is 5.91. The molecule has 1 saturated carbocycles. The molecule has 0 aliphatic heterocycles. The number of carbonyl (C=O) groups excluding carboxylic acids is 1. The lowest BCUT2D eigenvalue weighted by Crippen LogP contribution is -2.14. The zero-order valence-corrected chi connectivity index (χ0v) is 17.9. The van der Waals surface area contributed by atoms with Gasteiger partial charge in [0.15, 0.2) is 0 Å². The highest BCUT2D eigenvalue weighted by Crippen LogP contribution is 2.37. The number of esters is 1. The lowest BCUT2D eigenvalue weighted by atomic mass is 9.77. The Morgan fingerprint density at radius 2 is 1.52 bits per heavy atom. The average molecular weight is 395 g/mol. The third-order valence-electron chi connectivity index (χ3n) is 5.94. The molecule has 0 saturated heterocycles. The Labute approximate surface area is 175 Å². The monoisotopic (exact) mass is 394 g/mol. The third kappa shape index (κ3) is 6.35. The van der Waals surface area contributed by atoms with Gasteiger partial charge in [-0.15, -0.1) is 0 Å². The summed E-state index contributed by atoms with van der Waals surface area (Å²) < 4.78 is 11.1. The van der Waals surface area contributed by atoms with Gasteiger partial charge in [-0.25, -0.2) is 4.79 Å². The maximum Gasteiger partial charge on any atom is 0.343 e. The first-order valence-electron chi connectivity index (χ1n) is 11.2. The summed E-state index contributed by atoms with van der Waals surface area (Å²) in [6.07, 6.45) is 10.2. The number of carbonyl (C=O) groups is 1. The first-order chi connectivity index (χ1) is 14.2. The maximum absolute atomic E-state index is 12.4. The van der Waals surface area contributed by atoms with E-state index in [1.165, 1.54) is 50.5 Å². The summed E-state index contributed by atoms with van der Waals surface area (Å²) in [5.41, 5.74) is 1.95. The fourth-order valence-electron chi connectivity index (χ4n) is 4.16. The fraction of sp³-hybridized carbons (Fsp3) is 0.500. The Balaban J connectivity index is 1.51. The molecule has 0 unspecified atom stereocenters. The predicted molar refractivity (Wildman–Crippen MR) is 118 cm³/mol. The van der Waals surface area contributed by atoms with E-state index >= 15 is 0 Å².